The van der Waals surface area contributed by atoms with Crippen LogP contribution >= 0.6 is 34.5 Å². The molecule has 0 fully saturated rings. The van der Waals surface area contributed by atoms with Crippen molar-refractivity contribution in [3.63, 3.8) is 0 Å². The molecule has 0 radical (unpaired) electrons. The molecule has 0 aliphatic heterocycles. The molecule has 1 rings (SSSR count). The Hall–Kier alpha value is -0.250. The van der Waals surface area contributed by atoms with Crippen LogP contribution in [0.15, 0.2) is 17.5 Å². The lowest BCUT2D eigenvalue weighted by Crippen LogP contribution is -2.27. The number of nitrogens with one attached hydrogen (secondary N) is 1. The zero-order valence-corrected chi connectivity index (χ0v) is 8.42. The Labute approximate surface area is 84.5 Å². The van der Waals surface area contributed by atoms with E-state index >= 15 is 0 Å². The average Bonchev–Trinajstić information content (AvgIpc) is 2.51. The molecule has 0 aliphatic carbocycles. The summed E-state index contributed by atoms with van der Waals surface area (Å²) in [5, 5.41) is 4.54. The molecule has 1 heterocycles. The van der Waals surface area contributed by atoms with E-state index in [1.807, 2.05) is 17.5 Å². The number of alkyl halides is 2. The summed E-state index contributed by atoms with van der Waals surface area (Å²) in [6.45, 7) is 0.492. The molecule has 0 spiro atoms. The van der Waals surface area contributed by atoms with Gasteiger partial charge in [-0.05, 0) is 11.4 Å². The summed E-state index contributed by atoms with van der Waals surface area (Å²) in [6, 6.07) is 3.85. The summed E-state index contributed by atoms with van der Waals surface area (Å²) < 4.78 is 0. The molecule has 66 valence electrons. The van der Waals surface area contributed by atoms with Gasteiger partial charge in [0.15, 0.2) is 4.84 Å². The summed E-state index contributed by atoms with van der Waals surface area (Å²) >= 11 is 12.2. The minimum absolute atomic E-state index is 0.355. The van der Waals surface area contributed by atoms with Gasteiger partial charge in [-0.15, -0.1) is 11.3 Å². The molecule has 0 unspecified atom stereocenters. The van der Waals surface area contributed by atoms with Crippen molar-refractivity contribution in [3.05, 3.63) is 22.4 Å². The zero-order chi connectivity index (χ0) is 8.97. The zero-order valence-electron chi connectivity index (χ0n) is 6.09. The van der Waals surface area contributed by atoms with Crippen LogP contribution in [-0.2, 0) is 11.3 Å². The van der Waals surface area contributed by atoms with Crippen molar-refractivity contribution in [2.45, 2.75) is 11.4 Å². The molecule has 0 atom stereocenters. The second kappa shape index (κ2) is 4.70. The van der Waals surface area contributed by atoms with Crippen molar-refractivity contribution < 1.29 is 4.79 Å². The van der Waals surface area contributed by atoms with E-state index in [4.69, 9.17) is 23.2 Å². The molecule has 2 nitrogen and oxygen atoms in total. The van der Waals surface area contributed by atoms with Crippen LogP contribution < -0.4 is 5.32 Å². The first kappa shape index (κ1) is 9.84. The first-order chi connectivity index (χ1) is 5.70. The van der Waals surface area contributed by atoms with E-state index in [2.05, 4.69) is 5.32 Å². The molecule has 5 heteroatoms. The Morgan fingerprint density at radius 3 is 2.92 bits per heavy atom. The molecular formula is C7H7Cl2NOS. The maximum atomic E-state index is 10.9. The van der Waals surface area contributed by atoms with Crippen molar-refractivity contribution >= 4 is 40.4 Å². The predicted molar refractivity (Wildman–Crippen MR) is 51.7 cm³/mol. The average molecular weight is 224 g/mol. The fraction of sp³-hybridized carbons (Fsp3) is 0.286. The summed E-state index contributed by atoms with van der Waals surface area (Å²) in [5.41, 5.74) is 0. The monoisotopic (exact) mass is 223 g/mol. The highest BCUT2D eigenvalue weighted by atomic mass is 35.5. The van der Waals surface area contributed by atoms with Crippen LogP contribution in [0.1, 0.15) is 4.88 Å². The van der Waals surface area contributed by atoms with E-state index in [-0.39, 0.29) is 5.91 Å². The summed E-state index contributed by atoms with van der Waals surface area (Å²) in [6.07, 6.45) is 0. The number of rotatable bonds is 3. The number of thiophene rings is 1. The lowest BCUT2D eigenvalue weighted by molar-refractivity contribution is -0.119. The molecule has 1 aromatic rings. The summed E-state index contributed by atoms with van der Waals surface area (Å²) in [5.74, 6) is -0.355. The van der Waals surface area contributed by atoms with Crippen LogP contribution in [0.5, 0.6) is 0 Å². The second-order valence-electron chi connectivity index (χ2n) is 2.10. The van der Waals surface area contributed by atoms with Crippen LogP contribution in [0.4, 0.5) is 0 Å². The molecule has 0 bridgehead atoms. The number of carbonyl (C=O) groups excluding carboxylic acids is 1. The van der Waals surface area contributed by atoms with Gasteiger partial charge in [-0.3, -0.25) is 4.79 Å². The standard InChI is InChI=1S/C7H7Cl2NOS/c8-6(9)7(11)10-4-5-2-1-3-12-5/h1-3,6H,4H2,(H,10,11). The fourth-order valence-electron chi connectivity index (χ4n) is 0.665. The number of carbonyl (C=O) groups is 1. The molecule has 0 aliphatic rings. The first-order valence-electron chi connectivity index (χ1n) is 3.28. The van der Waals surface area contributed by atoms with Gasteiger partial charge < -0.3 is 5.32 Å². The Balaban J connectivity index is 2.32. The molecule has 1 amide bonds. The van der Waals surface area contributed by atoms with Crippen LogP contribution in [0.2, 0.25) is 0 Å². The Morgan fingerprint density at radius 2 is 2.42 bits per heavy atom. The van der Waals surface area contributed by atoms with Crippen molar-refractivity contribution in [1.29, 1.82) is 0 Å². The van der Waals surface area contributed by atoms with Gasteiger partial charge in [0.1, 0.15) is 0 Å². The van der Waals surface area contributed by atoms with Crippen LogP contribution in [0.3, 0.4) is 0 Å². The highest BCUT2D eigenvalue weighted by molar-refractivity contribution is 7.09. The van der Waals surface area contributed by atoms with Crippen LogP contribution in [-0.4, -0.2) is 10.7 Å². The highest BCUT2D eigenvalue weighted by Crippen LogP contribution is 2.08. The smallest absolute Gasteiger partial charge is 0.253 e. The first-order valence-corrected chi connectivity index (χ1v) is 5.03. The second-order valence-corrected chi connectivity index (χ2v) is 4.23. The quantitative estimate of drug-likeness (QED) is 0.783. The number of halogens is 2. The van der Waals surface area contributed by atoms with Gasteiger partial charge in [0.2, 0.25) is 0 Å². The van der Waals surface area contributed by atoms with Crippen molar-refractivity contribution in [3.8, 4) is 0 Å². The van der Waals surface area contributed by atoms with E-state index in [1.165, 1.54) is 0 Å². The Bertz CT molecular complexity index is 248. The lowest BCUT2D eigenvalue weighted by atomic mass is 10.4. The third-order valence-electron chi connectivity index (χ3n) is 1.22. The van der Waals surface area contributed by atoms with Gasteiger partial charge >= 0.3 is 0 Å². The van der Waals surface area contributed by atoms with E-state index in [0.29, 0.717) is 6.54 Å². The Kier molecular flexibility index (Phi) is 3.85. The Morgan fingerprint density at radius 1 is 1.67 bits per heavy atom. The SMILES string of the molecule is O=C(NCc1cccs1)C(Cl)Cl. The molecule has 12 heavy (non-hydrogen) atoms. The maximum Gasteiger partial charge on any atom is 0.253 e. The molecule has 0 saturated carbocycles. The third-order valence-corrected chi connectivity index (χ3v) is 2.49. The van der Waals surface area contributed by atoms with E-state index in [1.54, 1.807) is 11.3 Å². The highest BCUT2D eigenvalue weighted by Gasteiger charge is 2.09. The number of hydrogen-bond acceptors (Lipinski definition) is 2. The van der Waals surface area contributed by atoms with Gasteiger partial charge in [-0.25, -0.2) is 0 Å². The molecule has 0 saturated heterocycles. The van der Waals surface area contributed by atoms with Gasteiger partial charge in [0.05, 0.1) is 6.54 Å². The number of amides is 1. The molecule has 1 N–H and O–H groups in total. The largest absolute Gasteiger partial charge is 0.349 e. The maximum absolute atomic E-state index is 10.9. The topological polar surface area (TPSA) is 29.1 Å². The van der Waals surface area contributed by atoms with Crippen LogP contribution in [0, 0.1) is 0 Å². The van der Waals surface area contributed by atoms with Crippen molar-refractivity contribution in [2.24, 2.45) is 0 Å². The molecule has 0 aromatic carbocycles. The van der Waals surface area contributed by atoms with Crippen LogP contribution in [0.25, 0.3) is 0 Å². The van der Waals surface area contributed by atoms with Gasteiger partial charge in [0.25, 0.3) is 5.91 Å². The molecule has 1 aromatic heterocycles. The van der Waals surface area contributed by atoms with Gasteiger partial charge in [-0.1, -0.05) is 29.3 Å². The van der Waals surface area contributed by atoms with Crippen molar-refractivity contribution in [1.82, 2.24) is 5.32 Å². The summed E-state index contributed by atoms with van der Waals surface area (Å²) in [4.78, 5) is 11.0. The van der Waals surface area contributed by atoms with Crippen molar-refractivity contribution in [2.75, 3.05) is 0 Å². The van der Waals surface area contributed by atoms with Gasteiger partial charge in [-0.2, -0.15) is 0 Å². The van der Waals surface area contributed by atoms with E-state index in [0.717, 1.165) is 4.88 Å². The third kappa shape index (κ3) is 3.01. The lowest BCUT2D eigenvalue weighted by Gasteiger charge is -2.02. The predicted octanol–water partition coefficient (Wildman–Crippen LogP) is 2.17. The summed E-state index contributed by atoms with van der Waals surface area (Å²) in [7, 11) is 0. The number of hydrogen-bond donors (Lipinski definition) is 1. The van der Waals surface area contributed by atoms with E-state index < -0.39 is 4.84 Å². The van der Waals surface area contributed by atoms with E-state index in [9.17, 15) is 4.79 Å². The molecular weight excluding hydrogens is 217 g/mol. The minimum Gasteiger partial charge on any atom is -0.349 e. The van der Waals surface area contributed by atoms with Gasteiger partial charge in [0, 0.05) is 4.88 Å². The minimum atomic E-state index is -0.982. The fourth-order valence-corrected chi connectivity index (χ4v) is 1.46. The normalized spacial score (nSPS) is 10.2.